The summed E-state index contributed by atoms with van der Waals surface area (Å²) < 4.78 is 24.4. The van der Waals surface area contributed by atoms with Gasteiger partial charge in [0.1, 0.15) is 31.2 Å². The van der Waals surface area contributed by atoms with Crippen molar-refractivity contribution in [3.05, 3.63) is 47.5 Å². The number of hydrogen-bond acceptors (Lipinski definition) is 5. The van der Waals surface area contributed by atoms with Gasteiger partial charge in [0.05, 0.1) is 10.5 Å². The van der Waals surface area contributed by atoms with Gasteiger partial charge in [-0.25, -0.2) is 14.4 Å². The van der Waals surface area contributed by atoms with Crippen LogP contribution in [-0.2, 0) is 0 Å². The van der Waals surface area contributed by atoms with Crippen molar-refractivity contribution in [1.29, 1.82) is 0 Å². The summed E-state index contributed by atoms with van der Waals surface area (Å²) in [5.41, 5.74) is 1.35. The highest BCUT2D eigenvalue weighted by Gasteiger charge is 2.15. The molecule has 1 aliphatic heterocycles. The van der Waals surface area contributed by atoms with E-state index in [-0.39, 0.29) is 17.4 Å². The summed E-state index contributed by atoms with van der Waals surface area (Å²) in [5.74, 6) is 1.43. The quantitative estimate of drug-likeness (QED) is 0.729. The number of anilines is 2. The van der Waals surface area contributed by atoms with E-state index in [0.717, 1.165) is 10.9 Å². The van der Waals surface area contributed by atoms with Crippen LogP contribution in [0.15, 0.2) is 36.7 Å². The lowest BCUT2D eigenvalue weighted by atomic mass is 10.2. The van der Waals surface area contributed by atoms with Gasteiger partial charge in [-0.3, -0.25) is 0 Å². The lowest BCUT2D eigenvalue weighted by Gasteiger charge is -2.19. The molecule has 124 valence electrons. The minimum absolute atomic E-state index is 0. The fourth-order valence-electron chi connectivity index (χ4n) is 2.40. The number of nitrogens with one attached hydrogen (secondary N) is 1. The van der Waals surface area contributed by atoms with Crippen molar-refractivity contribution in [3.8, 4) is 11.5 Å². The highest BCUT2D eigenvalue weighted by molar-refractivity contribution is 6.31. The molecule has 4 rings (SSSR count). The highest BCUT2D eigenvalue weighted by Crippen LogP contribution is 2.36. The second kappa shape index (κ2) is 6.67. The molecule has 0 radical (unpaired) electrons. The SMILES string of the molecule is Cl.Fc1ccc(Nc2ncnc3cc4c(cc23)OCCO4)cc1Cl. The average molecular weight is 368 g/mol. The van der Waals surface area contributed by atoms with Crippen LogP contribution in [0.2, 0.25) is 5.02 Å². The van der Waals surface area contributed by atoms with E-state index in [0.29, 0.717) is 36.2 Å². The molecule has 0 spiro atoms. The van der Waals surface area contributed by atoms with Gasteiger partial charge < -0.3 is 14.8 Å². The van der Waals surface area contributed by atoms with Gasteiger partial charge in [-0.15, -0.1) is 12.4 Å². The summed E-state index contributed by atoms with van der Waals surface area (Å²) in [6.07, 6.45) is 1.45. The van der Waals surface area contributed by atoms with Gasteiger partial charge >= 0.3 is 0 Å². The number of hydrogen-bond donors (Lipinski definition) is 1. The molecule has 0 saturated carbocycles. The molecule has 0 amide bonds. The standard InChI is InChI=1S/C16H11ClFN3O2.ClH/c17-11-5-9(1-2-12(11)18)21-16-10-6-14-15(23-4-3-22-14)7-13(10)19-8-20-16;/h1-2,5-8H,3-4H2,(H,19,20,21);1H. The maximum atomic E-state index is 13.3. The number of fused-ring (bicyclic) bond motifs is 2. The van der Waals surface area contributed by atoms with E-state index >= 15 is 0 Å². The average Bonchev–Trinajstić information content (AvgIpc) is 2.57. The van der Waals surface area contributed by atoms with E-state index < -0.39 is 5.82 Å². The molecule has 0 saturated heterocycles. The molecular weight excluding hydrogens is 356 g/mol. The number of aromatic nitrogens is 2. The summed E-state index contributed by atoms with van der Waals surface area (Å²) >= 11 is 5.81. The molecule has 0 unspecified atom stereocenters. The van der Waals surface area contributed by atoms with Crippen LogP contribution in [-0.4, -0.2) is 23.2 Å². The number of rotatable bonds is 2. The van der Waals surface area contributed by atoms with Crippen LogP contribution in [0.1, 0.15) is 0 Å². The highest BCUT2D eigenvalue weighted by atomic mass is 35.5. The van der Waals surface area contributed by atoms with Crippen molar-refractivity contribution in [3.63, 3.8) is 0 Å². The lowest BCUT2D eigenvalue weighted by Crippen LogP contribution is -2.15. The fraction of sp³-hybridized carbons (Fsp3) is 0.125. The summed E-state index contributed by atoms with van der Waals surface area (Å²) in [5, 5.41) is 3.94. The molecule has 1 N–H and O–H groups in total. The fourth-order valence-corrected chi connectivity index (χ4v) is 2.58. The van der Waals surface area contributed by atoms with Gasteiger partial charge in [-0.05, 0) is 24.3 Å². The summed E-state index contributed by atoms with van der Waals surface area (Å²) in [7, 11) is 0. The van der Waals surface area contributed by atoms with E-state index in [1.807, 2.05) is 12.1 Å². The zero-order valence-electron chi connectivity index (χ0n) is 12.3. The Balaban J connectivity index is 0.00000169. The first-order valence-electron chi connectivity index (χ1n) is 6.97. The number of ether oxygens (including phenoxy) is 2. The van der Waals surface area contributed by atoms with Gasteiger partial charge in [0.2, 0.25) is 0 Å². The monoisotopic (exact) mass is 367 g/mol. The predicted octanol–water partition coefficient (Wildman–Crippen LogP) is 4.36. The third-order valence-corrected chi connectivity index (χ3v) is 3.77. The Labute approximate surface area is 148 Å². The van der Waals surface area contributed by atoms with Crippen molar-refractivity contribution in [2.45, 2.75) is 0 Å². The first-order chi connectivity index (χ1) is 11.2. The van der Waals surface area contributed by atoms with Crippen LogP contribution in [0.25, 0.3) is 10.9 Å². The van der Waals surface area contributed by atoms with E-state index in [9.17, 15) is 4.39 Å². The smallest absolute Gasteiger partial charge is 0.163 e. The Morgan fingerprint density at radius 3 is 2.54 bits per heavy atom. The summed E-state index contributed by atoms with van der Waals surface area (Å²) in [4.78, 5) is 8.50. The van der Waals surface area contributed by atoms with E-state index in [2.05, 4.69) is 15.3 Å². The topological polar surface area (TPSA) is 56.3 Å². The Morgan fingerprint density at radius 1 is 1.04 bits per heavy atom. The van der Waals surface area contributed by atoms with Gasteiger partial charge in [-0.2, -0.15) is 0 Å². The van der Waals surface area contributed by atoms with Crippen LogP contribution < -0.4 is 14.8 Å². The molecule has 0 fully saturated rings. The molecule has 1 aliphatic rings. The zero-order valence-corrected chi connectivity index (χ0v) is 13.8. The normalized spacial score (nSPS) is 12.6. The maximum Gasteiger partial charge on any atom is 0.163 e. The molecule has 5 nitrogen and oxygen atoms in total. The Hall–Kier alpha value is -2.31. The van der Waals surface area contributed by atoms with Crippen LogP contribution in [0.3, 0.4) is 0 Å². The second-order valence-electron chi connectivity index (χ2n) is 4.99. The maximum absolute atomic E-state index is 13.3. The molecule has 0 atom stereocenters. The van der Waals surface area contributed by atoms with Gasteiger partial charge in [0.25, 0.3) is 0 Å². The van der Waals surface area contributed by atoms with Gasteiger partial charge in [0.15, 0.2) is 11.5 Å². The minimum atomic E-state index is -0.468. The van der Waals surface area contributed by atoms with Crippen molar-refractivity contribution in [2.75, 3.05) is 18.5 Å². The Morgan fingerprint density at radius 2 is 1.79 bits per heavy atom. The van der Waals surface area contributed by atoms with Crippen molar-refractivity contribution < 1.29 is 13.9 Å². The van der Waals surface area contributed by atoms with Crippen LogP contribution in [0.5, 0.6) is 11.5 Å². The largest absolute Gasteiger partial charge is 0.486 e. The van der Waals surface area contributed by atoms with Gasteiger partial charge in [0, 0.05) is 17.1 Å². The zero-order chi connectivity index (χ0) is 15.8. The van der Waals surface area contributed by atoms with Crippen LogP contribution >= 0.6 is 24.0 Å². The first kappa shape index (κ1) is 16.5. The lowest BCUT2D eigenvalue weighted by molar-refractivity contribution is 0.172. The molecule has 1 aromatic heterocycles. The summed E-state index contributed by atoms with van der Waals surface area (Å²) in [6, 6.07) is 8.04. The molecular formula is C16H12Cl2FN3O2. The van der Waals surface area contributed by atoms with Crippen molar-refractivity contribution >= 4 is 46.4 Å². The minimum Gasteiger partial charge on any atom is -0.486 e. The van der Waals surface area contributed by atoms with E-state index in [1.54, 1.807) is 6.07 Å². The van der Waals surface area contributed by atoms with Crippen molar-refractivity contribution in [1.82, 2.24) is 9.97 Å². The van der Waals surface area contributed by atoms with Gasteiger partial charge in [-0.1, -0.05) is 11.6 Å². The summed E-state index contributed by atoms with van der Waals surface area (Å²) in [6.45, 7) is 1.02. The van der Waals surface area contributed by atoms with E-state index in [4.69, 9.17) is 21.1 Å². The first-order valence-corrected chi connectivity index (χ1v) is 7.35. The number of halogens is 3. The number of benzene rings is 2. The molecule has 2 aromatic carbocycles. The van der Waals surface area contributed by atoms with Crippen molar-refractivity contribution in [2.24, 2.45) is 0 Å². The molecule has 2 heterocycles. The number of nitrogens with zero attached hydrogens (tertiary/aromatic N) is 2. The molecule has 24 heavy (non-hydrogen) atoms. The van der Waals surface area contributed by atoms with Crippen LogP contribution in [0, 0.1) is 5.82 Å². The third-order valence-electron chi connectivity index (χ3n) is 3.48. The Kier molecular flexibility index (Phi) is 4.59. The van der Waals surface area contributed by atoms with E-state index in [1.165, 1.54) is 18.5 Å². The third kappa shape index (κ3) is 3.02. The second-order valence-corrected chi connectivity index (χ2v) is 5.40. The molecule has 8 heteroatoms. The Bertz CT molecular complexity index is 908. The molecule has 0 aliphatic carbocycles. The predicted molar refractivity (Wildman–Crippen MR) is 92.5 cm³/mol. The molecule has 3 aromatic rings. The van der Waals surface area contributed by atoms with Crippen LogP contribution in [0.4, 0.5) is 15.9 Å². The molecule has 0 bridgehead atoms.